The molecule has 0 aliphatic carbocycles. The number of hydrogen-bond acceptors (Lipinski definition) is 4. The molecule has 0 saturated carbocycles. The molecule has 1 aromatic heterocycles. The molecule has 0 radical (unpaired) electrons. The average Bonchev–Trinajstić information content (AvgIpc) is 2.62. The molecule has 2 aromatic rings. The van der Waals surface area contributed by atoms with Crippen molar-refractivity contribution in [3.8, 4) is 11.5 Å². The predicted molar refractivity (Wildman–Crippen MR) is 86.4 cm³/mol. The number of benzene rings is 1. The van der Waals surface area contributed by atoms with Gasteiger partial charge in [0.1, 0.15) is 17.6 Å². The first-order valence-electron chi connectivity index (χ1n) is 7.83. The van der Waals surface area contributed by atoms with E-state index < -0.39 is 0 Å². The summed E-state index contributed by atoms with van der Waals surface area (Å²) < 4.78 is 11.5. The van der Waals surface area contributed by atoms with E-state index in [1.807, 2.05) is 47.4 Å². The summed E-state index contributed by atoms with van der Waals surface area (Å²) in [5.41, 5.74) is 0. The van der Waals surface area contributed by atoms with E-state index in [2.05, 4.69) is 4.98 Å². The Labute approximate surface area is 135 Å². The average molecular weight is 312 g/mol. The summed E-state index contributed by atoms with van der Waals surface area (Å²) >= 11 is 0. The fraction of sp³-hybridized carbons (Fsp3) is 0.333. The summed E-state index contributed by atoms with van der Waals surface area (Å²) in [5, 5.41) is 0. The normalized spacial score (nSPS) is 17.6. The molecule has 1 fully saturated rings. The molecule has 5 nitrogen and oxygen atoms in total. The predicted octanol–water partition coefficient (Wildman–Crippen LogP) is 2.53. The molecule has 3 rings (SSSR count). The van der Waals surface area contributed by atoms with Crippen molar-refractivity contribution < 1.29 is 14.3 Å². The number of likely N-dealkylation sites (tertiary alicyclic amines) is 1. The second kappa shape index (κ2) is 7.63. The van der Waals surface area contributed by atoms with E-state index in [4.69, 9.17) is 9.47 Å². The van der Waals surface area contributed by atoms with Gasteiger partial charge < -0.3 is 14.4 Å². The number of ether oxygens (including phenoxy) is 2. The molecular formula is C18H20N2O3. The Balaban J connectivity index is 1.50. The molecule has 1 aliphatic rings. The standard InChI is InChI=1S/C18H20N2O3/c21-18(14-22-15-5-2-1-3-6-15)20-12-4-7-17(13-20)23-16-8-10-19-11-9-16/h1-3,5-6,8-11,17H,4,7,12-14H2. The molecule has 1 aliphatic heterocycles. The summed E-state index contributed by atoms with van der Waals surface area (Å²) in [6.45, 7) is 1.42. The Morgan fingerprint density at radius 2 is 1.91 bits per heavy atom. The fourth-order valence-electron chi connectivity index (χ4n) is 2.62. The molecule has 1 amide bonds. The van der Waals surface area contributed by atoms with Crippen LogP contribution in [0.15, 0.2) is 54.9 Å². The minimum Gasteiger partial charge on any atom is -0.488 e. The maximum Gasteiger partial charge on any atom is 0.260 e. The Morgan fingerprint density at radius 3 is 2.70 bits per heavy atom. The molecule has 1 atom stereocenters. The van der Waals surface area contributed by atoms with Crippen molar-refractivity contribution in [1.29, 1.82) is 0 Å². The van der Waals surface area contributed by atoms with Gasteiger partial charge in [-0.25, -0.2) is 0 Å². The van der Waals surface area contributed by atoms with Gasteiger partial charge in [-0.1, -0.05) is 18.2 Å². The molecule has 0 N–H and O–H groups in total. The summed E-state index contributed by atoms with van der Waals surface area (Å²) in [7, 11) is 0. The van der Waals surface area contributed by atoms with Crippen LogP contribution in [0.2, 0.25) is 0 Å². The highest BCUT2D eigenvalue weighted by Gasteiger charge is 2.25. The van der Waals surface area contributed by atoms with Crippen molar-refractivity contribution >= 4 is 5.91 Å². The lowest BCUT2D eigenvalue weighted by Crippen LogP contribution is -2.46. The van der Waals surface area contributed by atoms with Crippen LogP contribution in [0.1, 0.15) is 12.8 Å². The lowest BCUT2D eigenvalue weighted by molar-refractivity contribution is -0.136. The minimum absolute atomic E-state index is 0.00289. The Hall–Kier alpha value is -2.56. The number of carbonyl (C=O) groups is 1. The van der Waals surface area contributed by atoms with E-state index in [-0.39, 0.29) is 18.6 Å². The quantitative estimate of drug-likeness (QED) is 0.851. The number of nitrogens with zero attached hydrogens (tertiary/aromatic N) is 2. The number of para-hydroxylation sites is 1. The largest absolute Gasteiger partial charge is 0.488 e. The molecule has 0 bridgehead atoms. The van der Waals surface area contributed by atoms with Crippen LogP contribution in [0.4, 0.5) is 0 Å². The van der Waals surface area contributed by atoms with Crippen molar-refractivity contribution in [2.45, 2.75) is 18.9 Å². The zero-order chi connectivity index (χ0) is 15.9. The molecular weight excluding hydrogens is 292 g/mol. The molecule has 1 saturated heterocycles. The van der Waals surface area contributed by atoms with Gasteiger partial charge in [-0.2, -0.15) is 0 Å². The van der Waals surface area contributed by atoms with E-state index in [0.717, 1.165) is 25.1 Å². The first-order chi connectivity index (χ1) is 11.3. The fourth-order valence-corrected chi connectivity index (χ4v) is 2.62. The number of hydrogen-bond donors (Lipinski definition) is 0. The Morgan fingerprint density at radius 1 is 1.13 bits per heavy atom. The summed E-state index contributed by atoms with van der Waals surface area (Å²) in [5.74, 6) is 1.50. The summed E-state index contributed by atoms with van der Waals surface area (Å²) in [6, 6.07) is 13.1. The summed E-state index contributed by atoms with van der Waals surface area (Å²) in [4.78, 5) is 18.1. The van der Waals surface area contributed by atoms with Crippen molar-refractivity contribution in [2.24, 2.45) is 0 Å². The molecule has 1 unspecified atom stereocenters. The molecule has 5 heteroatoms. The van der Waals surface area contributed by atoms with Crippen molar-refractivity contribution in [3.63, 3.8) is 0 Å². The van der Waals surface area contributed by atoms with Gasteiger partial charge in [0, 0.05) is 18.9 Å². The number of aromatic nitrogens is 1. The third-order valence-electron chi connectivity index (χ3n) is 3.79. The highest BCUT2D eigenvalue weighted by molar-refractivity contribution is 5.77. The van der Waals surface area contributed by atoms with Gasteiger partial charge in [-0.05, 0) is 37.1 Å². The van der Waals surface area contributed by atoms with Gasteiger partial charge in [0.15, 0.2) is 6.61 Å². The van der Waals surface area contributed by atoms with Crippen LogP contribution in [0.25, 0.3) is 0 Å². The van der Waals surface area contributed by atoms with Gasteiger partial charge in [0.2, 0.25) is 0 Å². The maximum atomic E-state index is 12.3. The second-order valence-electron chi connectivity index (χ2n) is 5.51. The van der Waals surface area contributed by atoms with Gasteiger partial charge in [0.05, 0.1) is 6.54 Å². The van der Waals surface area contributed by atoms with Crippen molar-refractivity contribution in [1.82, 2.24) is 9.88 Å². The number of piperidine rings is 1. The minimum atomic E-state index is -0.00289. The monoisotopic (exact) mass is 312 g/mol. The lowest BCUT2D eigenvalue weighted by atomic mass is 10.1. The zero-order valence-electron chi connectivity index (χ0n) is 12.9. The van der Waals surface area contributed by atoms with E-state index in [1.54, 1.807) is 12.4 Å². The van der Waals surface area contributed by atoms with E-state index >= 15 is 0 Å². The first-order valence-corrected chi connectivity index (χ1v) is 7.83. The van der Waals surface area contributed by atoms with E-state index in [1.165, 1.54) is 0 Å². The van der Waals surface area contributed by atoms with Crippen molar-refractivity contribution in [2.75, 3.05) is 19.7 Å². The lowest BCUT2D eigenvalue weighted by Gasteiger charge is -2.32. The van der Waals surface area contributed by atoms with Gasteiger partial charge in [-0.15, -0.1) is 0 Å². The highest BCUT2D eigenvalue weighted by Crippen LogP contribution is 2.18. The van der Waals surface area contributed by atoms with Crippen LogP contribution < -0.4 is 9.47 Å². The first kappa shape index (κ1) is 15.3. The van der Waals surface area contributed by atoms with Gasteiger partial charge in [0.25, 0.3) is 5.91 Å². The van der Waals surface area contributed by atoms with Crippen LogP contribution >= 0.6 is 0 Å². The van der Waals surface area contributed by atoms with Crippen LogP contribution in [-0.2, 0) is 4.79 Å². The zero-order valence-corrected chi connectivity index (χ0v) is 12.9. The number of rotatable bonds is 5. The molecule has 23 heavy (non-hydrogen) atoms. The van der Waals surface area contributed by atoms with Crippen LogP contribution in [0.5, 0.6) is 11.5 Å². The smallest absolute Gasteiger partial charge is 0.260 e. The third-order valence-corrected chi connectivity index (χ3v) is 3.79. The van der Waals surface area contributed by atoms with Gasteiger partial charge in [-0.3, -0.25) is 9.78 Å². The van der Waals surface area contributed by atoms with Gasteiger partial charge >= 0.3 is 0 Å². The van der Waals surface area contributed by atoms with Crippen LogP contribution in [-0.4, -0.2) is 41.6 Å². The topological polar surface area (TPSA) is 51.7 Å². The summed E-state index contributed by atoms with van der Waals surface area (Å²) in [6.07, 6.45) is 5.31. The molecule has 1 aromatic carbocycles. The number of carbonyl (C=O) groups excluding carboxylic acids is 1. The number of pyridine rings is 1. The second-order valence-corrected chi connectivity index (χ2v) is 5.51. The SMILES string of the molecule is O=C(COc1ccccc1)N1CCCC(Oc2ccncc2)C1. The van der Waals surface area contributed by atoms with Crippen LogP contribution in [0.3, 0.4) is 0 Å². The van der Waals surface area contributed by atoms with E-state index in [0.29, 0.717) is 12.3 Å². The maximum absolute atomic E-state index is 12.3. The number of amides is 1. The third kappa shape index (κ3) is 4.45. The van der Waals surface area contributed by atoms with Crippen LogP contribution in [0, 0.1) is 0 Å². The molecule has 2 heterocycles. The van der Waals surface area contributed by atoms with Crippen molar-refractivity contribution in [3.05, 3.63) is 54.9 Å². The highest BCUT2D eigenvalue weighted by atomic mass is 16.5. The Bertz CT molecular complexity index is 619. The molecule has 120 valence electrons. The molecule has 0 spiro atoms. The Kier molecular flexibility index (Phi) is 5.09. The van der Waals surface area contributed by atoms with E-state index in [9.17, 15) is 4.79 Å².